The number of nitrogens with one attached hydrogen (secondary N) is 1. The van der Waals surface area contributed by atoms with Gasteiger partial charge in [0.05, 0.1) is 0 Å². The van der Waals surface area contributed by atoms with Gasteiger partial charge in [-0.25, -0.2) is 4.79 Å². The van der Waals surface area contributed by atoms with Crippen LogP contribution in [0.2, 0.25) is 0 Å². The summed E-state index contributed by atoms with van der Waals surface area (Å²) in [6.45, 7) is 10.6. The van der Waals surface area contributed by atoms with Crippen LogP contribution in [0, 0.1) is 5.92 Å². The average Bonchev–Trinajstić information content (AvgIpc) is 2.77. The van der Waals surface area contributed by atoms with Crippen molar-refractivity contribution in [2.75, 3.05) is 19.6 Å². The summed E-state index contributed by atoms with van der Waals surface area (Å²) in [7, 11) is 0. The van der Waals surface area contributed by atoms with Crippen LogP contribution in [0.1, 0.15) is 40.5 Å². The summed E-state index contributed by atoms with van der Waals surface area (Å²) in [6, 6.07) is 0. The molecule has 2 rings (SSSR count). The second-order valence-corrected chi connectivity index (χ2v) is 6.69. The minimum atomic E-state index is -0.387. The van der Waals surface area contributed by atoms with E-state index in [0.717, 1.165) is 19.6 Å². The second-order valence-electron chi connectivity index (χ2n) is 6.69. The smallest absolute Gasteiger partial charge is 0.410 e. The van der Waals surface area contributed by atoms with Gasteiger partial charge in [0, 0.05) is 31.1 Å². The minimum absolute atomic E-state index is 0.175. The fraction of sp³-hybridized carbons (Fsp3) is 0.923. The highest BCUT2D eigenvalue weighted by Gasteiger charge is 2.39. The molecule has 17 heavy (non-hydrogen) atoms. The van der Waals surface area contributed by atoms with Crippen LogP contribution in [-0.2, 0) is 4.74 Å². The van der Waals surface area contributed by atoms with E-state index in [1.54, 1.807) is 4.90 Å². The van der Waals surface area contributed by atoms with Gasteiger partial charge in [0.25, 0.3) is 0 Å². The van der Waals surface area contributed by atoms with Crippen LogP contribution in [0.4, 0.5) is 4.79 Å². The molecule has 2 aliphatic rings. The lowest BCUT2D eigenvalue weighted by Gasteiger charge is -2.40. The predicted molar refractivity (Wildman–Crippen MR) is 66.9 cm³/mol. The summed E-state index contributed by atoms with van der Waals surface area (Å²) < 4.78 is 5.31. The molecule has 1 amide bonds. The number of hydrogen-bond acceptors (Lipinski definition) is 3. The van der Waals surface area contributed by atoms with Gasteiger partial charge in [-0.15, -0.1) is 0 Å². The van der Waals surface area contributed by atoms with Crippen LogP contribution in [0.3, 0.4) is 0 Å². The Morgan fingerprint density at radius 1 is 1.41 bits per heavy atom. The van der Waals surface area contributed by atoms with Gasteiger partial charge in [0.2, 0.25) is 0 Å². The zero-order valence-corrected chi connectivity index (χ0v) is 11.4. The number of hydrogen-bond donors (Lipinski definition) is 1. The van der Waals surface area contributed by atoms with Crippen LogP contribution in [0.5, 0.6) is 0 Å². The molecule has 1 saturated carbocycles. The highest BCUT2D eigenvalue weighted by Crippen LogP contribution is 2.34. The SMILES string of the molecule is CC1(NCC2CN(C(=O)OC(C)(C)C)C2)CC1. The van der Waals surface area contributed by atoms with E-state index in [1.807, 2.05) is 20.8 Å². The number of ether oxygens (including phenoxy) is 1. The van der Waals surface area contributed by atoms with Gasteiger partial charge in [-0.3, -0.25) is 0 Å². The molecule has 0 aromatic rings. The summed E-state index contributed by atoms with van der Waals surface area (Å²) in [5, 5.41) is 3.56. The Hall–Kier alpha value is -0.770. The molecular formula is C13H24N2O2. The second kappa shape index (κ2) is 4.16. The van der Waals surface area contributed by atoms with Gasteiger partial charge in [-0.05, 0) is 40.5 Å². The first kappa shape index (κ1) is 12.7. The van der Waals surface area contributed by atoms with Gasteiger partial charge in [0.1, 0.15) is 5.60 Å². The Balaban J connectivity index is 1.63. The van der Waals surface area contributed by atoms with Crippen molar-refractivity contribution in [2.45, 2.75) is 51.7 Å². The molecule has 1 heterocycles. The first-order chi connectivity index (χ1) is 7.77. The van der Waals surface area contributed by atoms with Crippen molar-refractivity contribution in [2.24, 2.45) is 5.92 Å². The van der Waals surface area contributed by atoms with Crippen LogP contribution in [-0.4, -0.2) is 41.8 Å². The van der Waals surface area contributed by atoms with Crippen LogP contribution in [0.15, 0.2) is 0 Å². The molecule has 98 valence electrons. The van der Waals surface area contributed by atoms with E-state index >= 15 is 0 Å². The molecule has 0 aromatic heterocycles. The molecule has 1 saturated heterocycles. The number of nitrogens with zero attached hydrogens (tertiary/aromatic N) is 1. The lowest BCUT2D eigenvalue weighted by Crippen LogP contribution is -2.55. The molecule has 0 unspecified atom stereocenters. The zero-order chi connectivity index (χ0) is 12.7. The Kier molecular flexibility index (Phi) is 3.10. The van der Waals surface area contributed by atoms with Gasteiger partial charge >= 0.3 is 6.09 Å². The predicted octanol–water partition coefficient (Wildman–Crippen LogP) is 2.00. The van der Waals surface area contributed by atoms with E-state index in [9.17, 15) is 4.79 Å². The quantitative estimate of drug-likeness (QED) is 0.820. The molecule has 0 spiro atoms. The maximum absolute atomic E-state index is 11.7. The standard InChI is InChI=1S/C13H24N2O2/c1-12(2,3)17-11(16)15-8-10(9-15)7-14-13(4)5-6-13/h10,14H,5-9H2,1-4H3. The summed E-state index contributed by atoms with van der Waals surface area (Å²) in [4.78, 5) is 13.5. The topological polar surface area (TPSA) is 41.6 Å². The van der Waals surface area contributed by atoms with E-state index in [4.69, 9.17) is 4.74 Å². The van der Waals surface area contributed by atoms with Gasteiger partial charge in [-0.2, -0.15) is 0 Å². The third kappa shape index (κ3) is 3.60. The van der Waals surface area contributed by atoms with E-state index in [1.165, 1.54) is 12.8 Å². The number of carbonyl (C=O) groups is 1. The summed E-state index contributed by atoms with van der Waals surface area (Å²) >= 11 is 0. The van der Waals surface area contributed by atoms with Crippen molar-refractivity contribution in [3.63, 3.8) is 0 Å². The Morgan fingerprint density at radius 3 is 2.47 bits per heavy atom. The third-order valence-electron chi connectivity index (χ3n) is 3.43. The summed E-state index contributed by atoms with van der Waals surface area (Å²) in [5.74, 6) is 0.597. The van der Waals surface area contributed by atoms with Crippen LogP contribution in [0.25, 0.3) is 0 Å². The van der Waals surface area contributed by atoms with E-state index in [2.05, 4.69) is 12.2 Å². The molecule has 4 nitrogen and oxygen atoms in total. The van der Waals surface area contributed by atoms with E-state index in [0.29, 0.717) is 11.5 Å². The molecule has 2 fully saturated rings. The van der Waals surface area contributed by atoms with Crippen molar-refractivity contribution in [1.29, 1.82) is 0 Å². The normalized spacial score (nSPS) is 23.2. The fourth-order valence-electron chi connectivity index (χ4n) is 1.93. The Bertz CT molecular complexity index is 299. The molecule has 0 radical (unpaired) electrons. The molecule has 0 aromatic carbocycles. The molecule has 0 bridgehead atoms. The van der Waals surface area contributed by atoms with Crippen molar-refractivity contribution in [1.82, 2.24) is 10.2 Å². The van der Waals surface area contributed by atoms with Gasteiger partial charge in [0.15, 0.2) is 0 Å². The molecule has 1 aliphatic carbocycles. The Labute approximate surface area is 104 Å². The number of rotatable bonds is 3. The maximum atomic E-state index is 11.7. The fourth-order valence-corrected chi connectivity index (χ4v) is 1.93. The minimum Gasteiger partial charge on any atom is -0.444 e. The monoisotopic (exact) mass is 240 g/mol. The molecular weight excluding hydrogens is 216 g/mol. The lowest BCUT2D eigenvalue weighted by molar-refractivity contribution is -0.00110. The van der Waals surface area contributed by atoms with Crippen molar-refractivity contribution < 1.29 is 9.53 Å². The highest BCUT2D eigenvalue weighted by atomic mass is 16.6. The maximum Gasteiger partial charge on any atom is 0.410 e. The van der Waals surface area contributed by atoms with Gasteiger partial charge < -0.3 is 15.0 Å². The number of amides is 1. The largest absolute Gasteiger partial charge is 0.444 e. The first-order valence-corrected chi connectivity index (χ1v) is 6.50. The highest BCUT2D eigenvalue weighted by molar-refractivity contribution is 5.69. The average molecular weight is 240 g/mol. The number of likely N-dealkylation sites (tertiary alicyclic amines) is 1. The Morgan fingerprint density at radius 2 is 2.00 bits per heavy atom. The van der Waals surface area contributed by atoms with Gasteiger partial charge in [-0.1, -0.05) is 0 Å². The molecule has 0 atom stereocenters. The van der Waals surface area contributed by atoms with E-state index in [-0.39, 0.29) is 11.7 Å². The first-order valence-electron chi connectivity index (χ1n) is 6.50. The number of carbonyl (C=O) groups excluding carboxylic acids is 1. The van der Waals surface area contributed by atoms with Crippen molar-refractivity contribution in [3.05, 3.63) is 0 Å². The lowest BCUT2D eigenvalue weighted by atomic mass is 10.0. The van der Waals surface area contributed by atoms with E-state index < -0.39 is 0 Å². The van der Waals surface area contributed by atoms with Crippen LogP contribution < -0.4 is 5.32 Å². The zero-order valence-electron chi connectivity index (χ0n) is 11.4. The van der Waals surface area contributed by atoms with Crippen LogP contribution >= 0.6 is 0 Å². The molecule has 4 heteroatoms. The third-order valence-corrected chi connectivity index (χ3v) is 3.43. The summed E-state index contributed by atoms with van der Waals surface area (Å²) in [6.07, 6.45) is 2.40. The van der Waals surface area contributed by atoms with Crippen molar-refractivity contribution in [3.8, 4) is 0 Å². The summed E-state index contributed by atoms with van der Waals surface area (Å²) in [5.41, 5.74) is 0.00818. The van der Waals surface area contributed by atoms with Crippen molar-refractivity contribution >= 4 is 6.09 Å². The molecule has 1 N–H and O–H groups in total. The molecule has 1 aliphatic heterocycles.